The summed E-state index contributed by atoms with van der Waals surface area (Å²) in [6.45, 7) is 0.770. The fourth-order valence-electron chi connectivity index (χ4n) is 1.65. The van der Waals surface area contributed by atoms with Gasteiger partial charge in [0.25, 0.3) is 0 Å². The molecular weight excluding hydrogens is 244 g/mol. The normalized spacial score (nSPS) is 10.3. The molecule has 1 N–H and O–H groups in total. The van der Waals surface area contributed by atoms with E-state index < -0.39 is 0 Å². The van der Waals surface area contributed by atoms with Crippen molar-refractivity contribution in [2.24, 2.45) is 7.05 Å². The Hall–Kier alpha value is -1.77. The van der Waals surface area contributed by atoms with E-state index in [0.717, 1.165) is 21.9 Å². The van der Waals surface area contributed by atoms with E-state index in [2.05, 4.69) is 16.5 Å². The summed E-state index contributed by atoms with van der Waals surface area (Å²) < 4.78 is 1.75. The molecule has 0 amide bonds. The van der Waals surface area contributed by atoms with E-state index in [-0.39, 0.29) is 0 Å². The summed E-state index contributed by atoms with van der Waals surface area (Å²) in [5.41, 5.74) is 1.82. The van der Waals surface area contributed by atoms with Crippen LogP contribution in [0, 0.1) is 11.3 Å². The second-order valence-electron chi connectivity index (χ2n) is 3.92. The van der Waals surface area contributed by atoms with Gasteiger partial charge in [0.1, 0.15) is 6.07 Å². The van der Waals surface area contributed by atoms with Crippen LogP contribution in [0.1, 0.15) is 11.1 Å². The molecule has 92 valence electrons. The average Bonchev–Trinajstić information content (AvgIpc) is 2.77. The zero-order chi connectivity index (χ0) is 13.0. The molecule has 0 saturated carbocycles. The van der Waals surface area contributed by atoms with Crippen LogP contribution in [0.3, 0.4) is 0 Å². The van der Waals surface area contributed by atoms with Crippen molar-refractivity contribution in [1.29, 1.82) is 5.26 Å². The largest absolute Gasteiger partial charge is 0.316 e. The number of rotatable bonds is 4. The van der Waals surface area contributed by atoms with Gasteiger partial charge in [-0.1, -0.05) is 17.8 Å². The molecule has 0 spiro atoms. The number of benzene rings is 1. The first-order valence-electron chi connectivity index (χ1n) is 5.57. The number of aryl methyl sites for hydroxylation is 1. The predicted octanol–water partition coefficient (Wildman–Crippen LogP) is 2.16. The van der Waals surface area contributed by atoms with Gasteiger partial charge in [0, 0.05) is 24.7 Å². The van der Waals surface area contributed by atoms with E-state index in [1.54, 1.807) is 22.6 Å². The molecule has 5 heteroatoms. The minimum Gasteiger partial charge on any atom is -0.316 e. The van der Waals surface area contributed by atoms with Crippen LogP contribution in [0.25, 0.3) is 0 Å². The second kappa shape index (κ2) is 5.71. The van der Waals surface area contributed by atoms with Gasteiger partial charge in [0.15, 0.2) is 0 Å². The highest BCUT2D eigenvalue weighted by Crippen LogP contribution is 2.30. The van der Waals surface area contributed by atoms with Gasteiger partial charge in [-0.2, -0.15) is 10.4 Å². The summed E-state index contributed by atoms with van der Waals surface area (Å²) in [5.74, 6) is 0. The van der Waals surface area contributed by atoms with Crippen molar-refractivity contribution in [3.63, 3.8) is 0 Å². The van der Waals surface area contributed by atoms with Gasteiger partial charge in [0.2, 0.25) is 0 Å². The zero-order valence-corrected chi connectivity index (χ0v) is 11.2. The minimum absolute atomic E-state index is 0.705. The molecule has 0 aliphatic carbocycles. The van der Waals surface area contributed by atoms with E-state index in [1.807, 2.05) is 38.5 Å². The minimum atomic E-state index is 0.705. The van der Waals surface area contributed by atoms with Crippen LogP contribution in [0.15, 0.2) is 40.4 Å². The molecule has 4 nitrogen and oxygen atoms in total. The molecule has 1 heterocycles. The van der Waals surface area contributed by atoms with Gasteiger partial charge in [-0.25, -0.2) is 0 Å². The standard InChI is InChI=1S/C13H14N4S/c1-15-7-10-3-4-13(11(5-10)6-14)18-12-8-16-17(2)9-12/h3-5,8-9,15H,7H2,1-2H3. The number of hydrogen-bond donors (Lipinski definition) is 1. The van der Waals surface area contributed by atoms with Crippen LogP contribution >= 0.6 is 11.8 Å². The van der Waals surface area contributed by atoms with Crippen molar-refractivity contribution in [2.75, 3.05) is 7.05 Å². The zero-order valence-electron chi connectivity index (χ0n) is 10.3. The van der Waals surface area contributed by atoms with Crippen molar-refractivity contribution in [2.45, 2.75) is 16.3 Å². The SMILES string of the molecule is CNCc1ccc(Sc2cnn(C)c2)c(C#N)c1. The van der Waals surface area contributed by atoms with Crippen LogP contribution < -0.4 is 5.32 Å². The van der Waals surface area contributed by atoms with Crippen molar-refractivity contribution in [3.8, 4) is 6.07 Å². The highest BCUT2D eigenvalue weighted by molar-refractivity contribution is 7.99. The molecule has 0 fully saturated rings. The Labute approximate surface area is 111 Å². The molecule has 1 aromatic heterocycles. The fraction of sp³-hybridized carbons (Fsp3) is 0.231. The quantitative estimate of drug-likeness (QED) is 0.913. The molecule has 2 aromatic rings. The molecule has 0 unspecified atom stereocenters. The Kier molecular flexibility index (Phi) is 4.03. The van der Waals surface area contributed by atoms with Crippen molar-refractivity contribution >= 4 is 11.8 Å². The van der Waals surface area contributed by atoms with Gasteiger partial charge in [-0.05, 0) is 24.7 Å². The van der Waals surface area contributed by atoms with Gasteiger partial charge >= 0.3 is 0 Å². The summed E-state index contributed by atoms with van der Waals surface area (Å²) in [6, 6.07) is 8.20. The van der Waals surface area contributed by atoms with Crippen LogP contribution in [-0.2, 0) is 13.6 Å². The van der Waals surface area contributed by atoms with Crippen molar-refractivity contribution < 1.29 is 0 Å². The number of hydrogen-bond acceptors (Lipinski definition) is 4. The maximum absolute atomic E-state index is 9.19. The molecule has 0 radical (unpaired) electrons. The molecule has 2 rings (SSSR count). The van der Waals surface area contributed by atoms with E-state index in [1.165, 1.54) is 0 Å². The third-order valence-corrected chi connectivity index (χ3v) is 3.48. The Morgan fingerprint density at radius 3 is 2.94 bits per heavy atom. The smallest absolute Gasteiger partial charge is 0.100 e. The first-order valence-corrected chi connectivity index (χ1v) is 6.38. The van der Waals surface area contributed by atoms with Crippen molar-refractivity contribution in [3.05, 3.63) is 41.7 Å². The van der Waals surface area contributed by atoms with Gasteiger partial charge < -0.3 is 5.32 Å². The molecule has 0 aliphatic rings. The highest BCUT2D eigenvalue weighted by Gasteiger charge is 2.06. The molecule has 0 bridgehead atoms. The molecule has 18 heavy (non-hydrogen) atoms. The Balaban J connectivity index is 2.25. The summed E-state index contributed by atoms with van der Waals surface area (Å²) in [4.78, 5) is 2.00. The average molecular weight is 258 g/mol. The summed E-state index contributed by atoms with van der Waals surface area (Å²) >= 11 is 1.56. The molecule has 0 saturated heterocycles. The van der Waals surface area contributed by atoms with E-state index in [4.69, 9.17) is 0 Å². The molecular formula is C13H14N4S. The third kappa shape index (κ3) is 2.92. The molecule has 0 atom stereocenters. The van der Waals surface area contributed by atoms with Crippen molar-refractivity contribution in [1.82, 2.24) is 15.1 Å². The molecule has 1 aromatic carbocycles. The third-order valence-electron chi connectivity index (χ3n) is 2.45. The first kappa shape index (κ1) is 12.7. The lowest BCUT2D eigenvalue weighted by Gasteiger charge is -2.05. The first-order chi connectivity index (χ1) is 8.72. The number of nitrogens with one attached hydrogen (secondary N) is 1. The summed E-state index contributed by atoms with van der Waals surface area (Å²) in [5, 5.41) is 16.4. The van der Waals surface area contributed by atoms with E-state index >= 15 is 0 Å². The van der Waals surface area contributed by atoms with Gasteiger partial charge in [-0.15, -0.1) is 0 Å². The Morgan fingerprint density at radius 2 is 2.33 bits per heavy atom. The number of nitriles is 1. The lowest BCUT2D eigenvalue weighted by Crippen LogP contribution is -2.05. The van der Waals surface area contributed by atoms with Gasteiger partial charge in [-0.3, -0.25) is 4.68 Å². The van der Waals surface area contributed by atoms with E-state index in [0.29, 0.717) is 5.56 Å². The van der Waals surface area contributed by atoms with E-state index in [9.17, 15) is 5.26 Å². The second-order valence-corrected chi connectivity index (χ2v) is 5.04. The molecule has 0 aliphatic heterocycles. The summed E-state index contributed by atoms with van der Waals surface area (Å²) in [6.07, 6.45) is 3.74. The maximum Gasteiger partial charge on any atom is 0.100 e. The van der Waals surface area contributed by atoms with Crippen LogP contribution in [0.4, 0.5) is 0 Å². The monoisotopic (exact) mass is 258 g/mol. The fourth-order valence-corrected chi connectivity index (χ4v) is 2.56. The van der Waals surface area contributed by atoms with Crippen LogP contribution in [-0.4, -0.2) is 16.8 Å². The Bertz CT molecular complexity index is 583. The maximum atomic E-state index is 9.19. The van der Waals surface area contributed by atoms with Crippen LogP contribution in [0.2, 0.25) is 0 Å². The van der Waals surface area contributed by atoms with Gasteiger partial charge in [0.05, 0.1) is 16.7 Å². The number of aromatic nitrogens is 2. The highest BCUT2D eigenvalue weighted by atomic mass is 32.2. The lowest BCUT2D eigenvalue weighted by atomic mass is 10.1. The lowest BCUT2D eigenvalue weighted by molar-refractivity contribution is 0.766. The number of nitrogens with zero attached hydrogens (tertiary/aromatic N) is 3. The predicted molar refractivity (Wildman–Crippen MR) is 71.3 cm³/mol. The topological polar surface area (TPSA) is 53.6 Å². The Morgan fingerprint density at radius 1 is 1.50 bits per heavy atom. The van der Waals surface area contributed by atoms with Crippen LogP contribution in [0.5, 0.6) is 0 Å². The summed E-state index contributed by atoms with van der Waals surface area (Å²) in [7, 11) is 3.77.